The molecule has 2 atom stereocenters. The van der Waals surface area contributed by atoms with Crippen molar-refractivity contribution in [2.45, 2.75) is 44.6 Å². The molecule has 2 rings (SSSR count). The Labute approximate surface area is 153 Å². The molecule has 1 fully saturated rings. The predicted octanol–water partition coefficient (Wildman–Crippen LogP) is 2.67. The van der Waals surface area contributed by atoms with Crippen molar-refractivity contribution in [3.63, 3.8) is 0 Å². The normalized spacial score (nSPS) is 18.2. The van der Waals surface area contributed by atoms with Crippen molar-refractivity contribution in [2.24, 2.45) is 0 Å². The fourth-order valence-corrected chi connectivity index (χ4v) is 3.51. The summed E-state index contributed by atoms with van der Waals surface area (Å²) in [7, 11) is 4.57. The van der Waals surface area contributed by atoms with Gasteiger partial charge in [-0.3, -0.25) is 4.79 Å². The minimum absolute atomic E-state index is 0.172. The molecule has 0 saturated carbocycles. The van der Waals surface area contributed by atoms with E-state index in [1.807, 2.05) is 6.92 Å². The Kier molecular flexibility index (Phi) is 6.71. The number of hydrogen-bond acceptors (Lipinski definition) is 5. The van der Waals surface area contributed by atoms with E-state index < -0.39 is 17.9 Å². The van der Waals surface area contributed by atoms with E-state index in [-0.39, 0.29) is 5.91 Å². The first kappa shape index (κ1) is 19.9. The second-order valence-corrected chi connectivity index (χ2v) is 6.30. The minimum atomic E-state index is -0.946. The highest BCUT2D eigenvalue weighted by Gasteiger charge is 2.36. The highest BCUT2D eigenvalue weighted by atomic mass is 16.5. The Bertz CT molecular complexity index is 634. The molecule has 1 aromatic rings. The van der Waals surface area contributed by atoms with Gasteiger partial charge in [-0.25, -0.2) is 4.79 Å². The van der Waals surface area contributed by atoms with E-state index in [2.05, 4.69) is 0 Å². The van der Waals surface area contributed by atoms with Crippen LogP contribution in [-0.4, -0.2) is 55.8 Å². The van der Waals surface area contributed by atoms with Crippen LogP contribution in [0.25, 0.3) is 0 Å². The first-order valence-corrected chi connectivity index (χ1v) is 8.81. The number of aliphatic carboxylic acids is 1. The van der Waals surface area contributed by atoms with Crippen molar-refractivity contribution in [3.8, 4) is 17.2 Å². The number of piperidine rings is 1. The third-order valence-corrected chi connectivity index (χ3v) is 4.87. The lowest BCUT2D eigenvalue weighted by Gasteiger charge is -2.35. The molecule has 0 aliphatic carbocycles. The van der Waals surface area contributed by atoms with Crippen molar-refractivity contribution in [1.29, 1.82) is 0 Å². The fourth-order valence-electron chi connectivity index (χ4n) is 3.51. The number of likely N-dealkylation sites (tertiary alicyclic amines) is 1. The zero-order chi connectivity index (χ0) is 19.3. The molecule has 26 heavy (non-hydrogen) atoms. The van der Waals surface area contributed by atoms with Gasteiger partial charge in [0.2, 0.25) is 11.7 Å². The Morgan fingerprint density at radius 1 is 1.15 bits per heavy atom. The van der Waals surface area contributed by atoms with Gasteiger partial charge in [-0.15, -0.1) is 0 Å². The Morgan fingerprint density at radius 2 is 1.77 bits per heavy atom. The fraction of sp³-hybridized carbons (Fsp3) is 0.579. The number of methoxy groups -OCH3 is 3. The average Bonchev–Trinajstić information content (AvgIpc) is 2.67. The number of nitrogens with zero attached hydrogens (tertiary/aromatic N) is 1. The monoisotopic (exact) mass is 365 g/mol. The number of carboxylic acids is 1. The van der Waals surface area contributed by atoms with Crippen LogP contribution in [0.1, 0.15) is 44.1 Å². The van der Waals surface area contributed by atoms with Gasteiger partial charge in [0.15, 0.2) is 11.5 Å². The second kappa shape index (κ2) is 8.78. The number of amides is 1. The Morgan fingerprint density at radius 3 is 2.23 bits per heavy atom. The summed E-state index contributed by atoms with van der Waals surface area (Å²) in [5, 5.41) is 9.46. The zero-order valence-corrected chi connectivity index (χ0v) is 15.8. The number of carbonyl (C=O) groups is 2. The number of carbonyl (C=O) groups excluding carboxylic acids is 1. The summed E-state index contributed by atoms with van der Waals surface area (Å²) in [6, 6.07) is 2.76. The van der Waals surface area contributed by atoms with Gasteiger partial charge in [-0.1, -0.05) is 6.92 Å². The number of benzene rings is 1. The molecule has 0 bridgehead atoms. The molecule has 7 heteroatoms. The third-order valence-electron chi connectivity index (χ3n) is 4.87. The molecular formula is C19H27NO6. The van der Waals surface area contributed by atoms with E-state index in [4.69, 9.17) is 14.2 Å². The lowest BCUT2D eigenvalue weighted by molar-refractivity contribution is -0.152. The van der Waals surface area contributed by atoms with Crippen molar-refractivity contribution in [1.82, 2.24) is 4.90 Å². The van der Waals surface area contributed by atoms with Gasteiger partial charge in [-0.2, -0.15) is 0 Å². The van der Waals surface area contributed by atoms with E-state index in [1.54, 1.807) is 12.1 Å². The van der Waals surface area contributed by atoms with Crippen LogP contribution in [0, 0.1) is 0 Å². The molecule has 0 spiro atoms. The standard InChI is InChI=1S/C19H27NO6/c1-5-13(18(21)20-9-7-6-8-14(20)19(22)23)12-10-15(24-2)17(26-4)16(11-12)25-3/h10-11,13-14H,5-9H2,1-4H3,(H,22,23)/t13-,14-/m1/s1. The average molecular weight is 365 g/mol. The van der Waals surface area contributed by atoms with Gasteiger partial charge in [0.05, 0.1) is 27.2 Å². The summed E-state index contributed by atoms with van der Waals surface area (Å²) in [5.74, 6) is -0.180. The van der Waals surface area contributed by atoms with Gasteiger partial charge in [0, 0.05) is 6.54 Å². The summed E-state index contributed by atoms with van der Waals surface area (Å²) in [6.45, 7) is 2.38. The predicted molar refractivity (Wildman–Crippen MR) is 96.1 cm³/mol. The third kappa shape index (κ3) is 3.86. The molecule has 1 N–H and O–H groups in total. The summed E-state index contributed by atoms with van der Waals surface area (Å²) in [5.41, 5.74) is 0.724. The van der Waals surface area contributed by atoms with Gasteiger partial charge < -0.3 is 24.2 Å². The molecule has 1 saturated heterocycles. The first-order valence-electron chi connectivity index (χ1n) is 8.81. The number of carboxylic acid groups (broad SMARTS) is 1. The molecule has 1 aliphatic heterocycles. The van der Waals surface area contributed by atoms with Gasteiger partial charge in [-0.05, 0) is 43.4 Å². The Balaban J connectivity index is 2.40. The van der Waals surface area contributed by atoms with Crippen molar-refractivity contribution in [3.05, 3.63) is 17.7 Å². The van der Waals surface area contributed by atoms with E-state index in [1.165, 1.54) is 26.2 Å². The van der Waals surface area contributed by atoms with Crippen molar-refractivity contribution < 1.29 is 28.9 Å². The number of rotatable bonds is 7. The van der Waals surface area contributed by atoms with Crippen LogP contribution in [0.3, 0.4) is 0 Å². The molecule has 1 aliphatic rings. The zero-order valence-electron chi connectivity index (χ0n) is 15.8. The van der Waals surface area contributed by atoms with Gasteiger partial charge in [0.1, 0.15) is 6.04 Å². The topological polar surface area (TPSA) is 85.3 Å². The molecule has 1 amide bonds. The van der Waals surface area contributed by atoms with Crippen LogP contribution < -0.4 is 14.2 Å². The molecule has 0 aromatic heterocycles. The second-order valence-electron chi connectivity index (χ2n) is 6.30. The molecule has 1 heterocycles. The lowest BCUT2D eigenvalue weighted by atomic mass is 9.91. The quantitative estimate of drug-likeness (QED) is 0.800. The van der Waals surface area contributed by atoms with Crippen LogP contribution in [0.15, 0.2) is 12.1 Å². The van der Waals surface area contributed by atoms with Crippen molar-refractivity contribution >= 4 is 11.9 Å². The van der Waals surface area contributed by atoms with Crippen LogP contribution in [0.4, 0.5) is 0 Å². The molecular weight excluding hydrogens is 338 g/mol. The van der Waals surface area contributed by atoms with E-state index in [9.17, 15) is 14.7 Å². The molecule has 7 nitrogen and oxygen atoms in total. The minimum Gasteiger partial charge on any atom is -0.493 e. The van der Waals surface area contributed by atoms with Crippen molar-refractivity contribution in [2.75, 3.05) is 27.9 Å². The number of hydrogen-bond donors (Lipinski definition) is 1. The van der Waals surface area contributed by atoms with E-state index in [0.717, 1.165) is 18.4 Å². The summed E-state index contributed by atoms with van der Waals surface area (Å²) < 4.78 is 16.1. The van der Waals surface area contributed by atoms with Gasteiger partial charge >= 0.3 is 5.97 Å². The largest absolute Gasteiger partial charge is 0.493 e. The van der Waals surface area contributed by atoms with E-state index in [0.29, 0.717) is 36.6 Å². The Hall–Kier alpha value is -2.44. The maximum absolute atomic E-state index is 13.1. The maximum atomic E-state index is 13.1. The number of ether oxygens (including phenoxy) is 3. The summed E-state index contributed by atoms with van der Waals surface area (Å²) >= 11 is 0. The van der Waals surface area contributed by atoms with E-state index >= 15 is 0 Å². The molecule has 0 radical (unpaired) electrons. The highest BCUT2D eigenvalue weighted by Crippen LogP contribution is 2.41. The van der Waals surface area contributed by atoms with Crippen LogP contribution in [0.5, 0.6) is 17.2 Å². The molecule has 1 aromatic carbocycles. The van der Waals surface area contributed by atoms with Gasteiger partial charge in [0.25, 0.3) is 0 Å². The van der Waals surface area contributed by atoms with Crippen LogP contribution in [0.2, 0.25) is 0 Å². The smallest absolute Gasteiger partial charge is 0.326 e. The summed E-state index contributed by atoms with van der Waals surface area (Å²) in [6.07, 6.45) is 2.68. The molecule has 0 unspecified atom stereocenters. The summed E-state index contributed by atoms with van der Waals surface area (Å²) in [4.78, 5) is 26.2. The lowest BCUT2D eigenvalue weighted by Crippen LogP contribution is -2.49. The maximum Gasteiger partial charge on any atom is 0.326 e. The SMILES string of the molecule is CC[C@@H](C(=O)N1CCCC[C@@H]1C(=O)O)c1cc(OC)c(OC)c(OC)c1. The first-order chi connectivity index (χ1) is 12.5. The van der Waals surface area contributed by atoms with Crippen LogP contribution in [-0.2, 0) is 9.59 Å². The highest BCUT2D eigenvalue weighted by molar-refractivity contribution is 5.88. The molecule has 144 valence electrons. The van der Waals surface area contributed by atoms with Crippen LogP contribution >= 0.6 is 0 Å².